The molecule has 0 saturated carbocycles. The number of fused-ring (bicyclic) bond motifs is 1. The van der Waals surface area contributed by atoms with E-state index in [4.69, 9.17) is 4.74 Å². The highest BCUT2D eigenvalue weighted by Gasteiger charge is 2.27. The Morgan fingerprint density at radius 3 is 2.76 bits per heavy atom. The Balaban J connectivity index is 2.12. The van der Waals surface area contributed by atoms with Gasteiger partial charge in [0.25, 0.3) is 6.43 Å². The number of nitrogens with zero attached hydrogens (tertiary/aromatic N) is 2. The van der Waals surface area contributed by atoms with E-state index in [2.05, 4.69) is 5.10 Å². The average Bonchev–Trinajstić information content (AvgIpc) is 2.90. The Labute approximate surface area is 120 Å². The molecule has 2 heterocycles. The van der Waals surface area contributed by atoms with Gasteiger partial charge in [0, 0.05) is 23.0 Å². The van der Waals surface area contributed by atoms with Crippen LogP contribution in [0, 0.1) is 0 Å². The molecule has 3 rings (SSSR count). The number of aromatic nitrogens is 2. The summed E-state index contributed by atoms with van der Waals surface area (Å²) < 4.78 is 33.3. The van der Waals surface area contributed by atoms with Gasteiger partial charge in [-0.2, -0.15) is 5.10 Å². The Hall–Kier alpha value is -1.51. The van der Waals surface area contributed by atoms with Crippen LogP contribution in [-0.2, 0) is 4.74 Å². The number of alkyl halides is 2. The van der Waals surface area contributed by atoms with Gasteiger partial charge in [-0.05, 0) is 25.3 Å². The van der Waals surface area contributed by atoms with Gasteiger partial charge in [0.15, 0.2) is 6.23 Å². The van der Waals surface area contributed by atoms with Crippen LogP contribution in [0.25, 0.3) is 10.9 Å². The number of hydrogen-bond acceptors (Lipinski definition) is 4. The molecule has 0 bridgehead atoms. The molecule has 21 heavy (non-hydrogen) atoms. The summed E-state index contributed by atoms with van der Waals surface area (Å²) in [6, 6.07) is 2.73. The van der Waals surface area contributed by atoms with Crippen LogP contribution < -0.4 is 5.46 Å². The molecule has 1 aliphatic rings. The summed E-state index contributed by atoms with van der Waals surface area (Å²) in [5.41, 5.74) is -0.0134. The molecule has 8 heteroatoms. The predicted molar refractivity (Wildman–Crippen MR) is 73.4 cm³/mol. The maximum atomic E-state index is 13.0. The van der Waals surface area contributed by atoms with Crippen molar-refractivity contribution in [1.29, 1.82) is 0 Å². The third-order valence-corrected chi connectivity index (χ3v) is 3.78. The van der Waals surface area contributed by atoms with Crippen LogP contribution in [0.5, 0.6) is 0 Å². The minimum atomic E-state index is -2.78. The molecule has 0 amide bonds. The normalized spacial score (nSPS) is 19.4. The van der Waals surface area contributed by atoms with E-state index in [9.17, 15) is 18.8 Å². The molecule has 5 nitrogen and oxygen atoms in total. The lowest BCUT2D eigenvalue weighted by Crippen LogP contribution is -2.34. The highest BCUT2D eigenvalue weighted by molar-refractivity contribution is 6.62. The Morgan fingerprint density at radius 2 is 2.14 bits per heavy atom. The number of hydrogen-bond donors (Lipinski definition) is 2. The molecule has 112 valence electrons. The van der Waals surface area contributed by atoms with Crippen molar-refractivity contribution in [3.8, 4) is 0 Å². The van der Waals surface area contributed by atoms with Gasteiger partial charge in [-0.25, -0.2) is 13.5 Å². The third-order valence-electron chi connectivity index (χ3n) is 3.78. The first-order chi connectivity index (χ1) is 10.1. The third kappa shape index (κ3) is 2.54. The Morgan fingerprint density at radius 1 is 1.33 bits per heavy atom. The van der Waals surface area contributed by atoms with Crippen LogP contribution in [0.4, 0.5) is 8.78 Å². The van der Waals surface area contributed by atoms with Crippen LogP contribution in [-0.4, -0.2) is 33.6 Å². The molecular formula is C13H15BF2N2O3. The lowest BCUT2D eigenvalue weighted by molar-refractivity contribution is -0.0366. The zero-order valence-corrected chi connectivity index (χ0v) is 11.2. The van der Waals surface area contributed by atoms with E-state index >= 15 is 0 Å². The van der Waals surface area contributed by atoms with Crippen molar-refractivity contribution in [2.24, 2.45) is 0 Å². The second kappa shape index (κ2) is 5.71. The molecule has 0 spiro atoms. The minimum Gasteiger partial charge on any atom is -0.423 e. The first-order valence-corrected chi connectivity index (χ1v) is 6.85. The van der Waals surface area contributed by atoms with E-state index in [0.29, 0.717) is 17.5 Å². The largest absolute Gasteiger partial charge is 0.489 e. The first-order valence-electron chi connectivity index (χ1n) is 6.85. The monoisotopic (exact) mass is 296 g/mol. The second-order valence-electron chi connectivity index (χ2n) is 5.09. The summed E-state index contributed by atoms with van der Waals surface area (Å²) in [6.45, 7) is 0.636. The van der Waals surface area contributed by atoms with Crippen LogP contribution in [0.3, 0.4) is 0 Å². The van der Waals surface area contributed by atoms with E-state index in [1.54, 1.807) is 4.68 Å². The van der Waals surface area contributed by atoms with Crippen molar-refractivity contribution < 1.29 is 23.6 Å². The van der Waals surface area contributed by atoms with E-state index in [-0.39, 0.29) is 17.3 Å². The molecule has 1 unspecified atom stereocenters. The number of halogens is 2. The smallest absolute Gasteiger partial charge is 0.423 e. The fourth-order valence-corrected chi connectivity index (χ4v) is 2.78. The van der Waals surface area contributed by atoms with Crippen molar-refractivity contribution in [3.63, 3.8) is 0 Å². The fourth-order valence-electron chi connectivity index (χ4n) is 2.78. The highest BCUT2D eigenvalue weighted by atomic mass is 19.3. The molecule has 0 aliphatic carbocycles. The molecular weight excluding hydrogens is 281 g/mol. The van der Waals surface area contributed by atoms with E-state index in [0.717, 1.165) is 19.3 Å². The van der Waals surface area contributed by atoms with Gasteiger partial charge < -0.3 is 14.8 Å². The summed E-state index contributed by atoms with van der Waals surface area (Å²) in [5, 5.41) is 23.4. The molecule has 1 aromatic carbocycles. The molecule has 1 fully saturated rings. The number of rotatable bonds is 3. The summed E-state index contributed by atoms with van der Waals surface area (Å²) in [7, 11) is -1.97. The van der Waals surface area contributed by atoms with Gasteiger partial charge in [0.1, 0.15) is 0 Å². The molecule has 2 aromatic rings. The van der Waals surface area contributed by atoms with Gasteiger partial charge >= 0.3 is 7.12 Å². The van der Waals surface area contributed by atoms with E-state index in [1.807, 2.05) is 0 Å². The minimum absolute atomic E-state index is 0.190. The Kier molecular flexibility index (Phi) is 3.92. The van der Waals surface area contributed by atoms with Crippen molar-refractivity contribution in [2.45, 2.75) is 31.9 Å². The standard InChI is InChI=1S/C13H15BF2N2O3/c15-13(16)8-4-5-10-9(12(8)14(19)20)7-17-18(10)11-3-1-2-6-21-11/h4-5,7,11,13,19-20H,1-3,6H2. The van der Waals surface area contributed by atoms with Crippen molar-refractivity contribution in [1.82, 2.24) is 9.78 Å². The van der Waals surface area contributed by atoms with Crippen LogP contribution >= 0.6 is 0 Å². The van der Waals surface area contributed by atoms with Gasteiger partial charge in [-0.3, -0.25) is 0 Å². The number of benzene rings is 1. The summed E-state index contributed by atoms with van der Waals surface area (Å²) in [6.07, 6.45) is 1.17. The lowest BCUT2D eigenvalue weighted by atomic mass is 9.75. The fraction of sp³-hybridized carbons (Fsp3) is 0.462. The zero-order valence-electron chi connectivity index (χ0n) is 11.2. The van der Waals surface area contributed by atoms with Gasteiger partial charge in [-0.1, -0.05) is 6.07 Å². The molecule has 1 saturated heterocycles. The van der Waals surface area contributed by atoms with E-state index in [1.165, 1.54) is 18.3 Å². The van der Waals surface area contributed by atoms with Gasteiger partial charge in [0.2, 0.25) is 0 Å². The quantitative estimate of drug-likeness (QED) is 0.839. The molecule has 1 aliphatic heterocycles. The average molecular weight is 296 g/mol. The highest BCUT2D eigenvalue weighted by Crippen LogP contribution is 2.28. The summed E-state index contributed by atoms with van der Waals surface area (Å²) in [5.74, 6) is 0. The Bertz CT molecular complexity index is 642. The van der Waals surface area contributed by atoms with Crippen LogP contribution in [0.2, 0.25) is 0 Å². The van der Waals surface area contributed by atoms with Crippen molar-refractivity contribution in [2.75, 3.05) is 6.61 Å². The second-order valence-corrected chi connectivity index (χ2v) is 5.09. The maximum Gasteiger partial charge on any atom is 0.489 e. The van der Waals surface area contributed by atoms with Crippen molar-refractivity contribution in [3.05, 3.63) is 23.9 Å². The van der Waals surface area contributed by atoms with E-state index < -0.39 is 13.5 Å². The van der Waals surface area contributed by atoms with Crippen molar-refractivity contribution >= 4 is 23.5 Å². The van der Waals surface area contributed by atoms with Gasteiger partial charge in [-0.15, -0.1) is 0 Å². The topological polar surface area (TPSA) is 67.5 Å². The molecule has 0 radical (unpaired) electrons. The van der Waals surface area contributed by atoms with Crippen LogP contribution in [0.1, 0.15) is 37.5 Å². The van der Waals surface area contributed by atoms with Crippen LogP contribution in [0.15, 0.2) is 18.3 Å². The summed E-state index contributed by atoms with van der Waals surface area (Å²) in [4.78, 5) is 0. The molecule has 1 atom stereocenters. The lowest BCUT2D eigenvalue weighted by Gasteiger charge is -2.23. The maximum absolute atomic E-state index is 13.0. The van der Waals surface area contributed by atoms with Gasteiger partial charge in [0.05, 0.1) is 11.7 Å². The SMILES string of the molecule is OB(O)c1c(C(F)F)ccc2c1cnn2C1CCCCO1. The molecule has 2 N–H and O–H groups in total. The zero-order chi connectivity index (χ0) is 15.0. The number of ether oxygens (including phenoxy) is 1. The molecule has 1 aromatic heterocycles. The predicted octanol–water partition coefficient (Wildman–Crippen LogP) is 1.35. The first kappa shape index (κ1) is 14.4. The summed E-state index contributed by atoms with van der Waals surface area (Å²) >= 11 is 0.